The van der Waals surface area contributed by atoms with Gasteiger partial charge in [0, 0.05) is 6.20 Å². The Balaban J connectivity index is 2.35. The van der Waals surface area contributed by atoms with E-state index in [2.05, 4.69) is 16.0 Å². The van der Waals surface area contributed by atoms with Crippen LogP contribution in [0.15, 0.2) is 47.4 Å². The van der Waals surface area contributed by atoms with E-state index in [0.29, 0.717) is 22.4 Å². The average molecular weight is 236 g/mol. The van der Waals surface area contributed by atoms with Crippen LogP contribution in [-0.4, -0.2) is 14.5 Å². The number of aromatic nitrogens is 3. The molecule has 0 spiro atoms. The first-order chi connectivity index (χ1) is 8.79. The summed E-state index contributed by atoms with van der Waals surface area (Å²) < 4.78 is 1.45. The van der Waals surface area contributed by atoms with E-state index in [1.54, 1.807) is 42.6 Å². The van der Waals surface area contributed by atoms with Gasteiger partial charge in [-0.25, -0.2) is 14.3 Å². The van der Waals surface area contributed by atoms with E-state index < -0.39 is 0 Å². The zero-order valence-corrected chi connectivity index (χ0v) is 9.29. The Kier molecular flexibility index (Phi) is 2.21. The fourth-order valence-electron chi connectivity index (χ4n) is 1.89. The van der Waals surface area contributed by atoms with Crippen LogP contribution in [0, 0.1) is 11.3 Å². The van der Waals surface area contributed by atoms with Crippen molar-refractivity contribution in [3.63, 3.8) is 0 Å². The van der Waals surface area contributed by atoms with Crippen LogP contribution in [0.2, 0.25) is 0 Å². The van der Waals surface area contributed by atoms with Gasteiger partial charge in [-0.2, -0.15) is 5.26 Å². The van der Waals surface area contributed by atoms with Crippen LogP contribution >= 0.6 is 0 Å². The van der Waals surface area contributed by atoms with Crippen molar-refractivity contribution in [2.24, 2.45) is 0 Å². The van der Waals surface area contributed by atoms with Crippen molar-refractivity contribution < 1.29 is 0 Å². The maximum absolute atomic E-state index is 11.9. The zero-order chi connectivity index (χ0) is 12.5. The summed E-state index contributed by atoms with van der Waals surface area (Å²) in [6.45, 7) is 0. The molecule has 2 aromatic heterocycles. The van der Waals surface area contributed by atoms with E-state index in [-0.39, 0.29) is 5.69 Å². The number of nitrogens with one attached hydrogen (secondary N) is 1. The SMILES string of the molecule is N#Cc1cccc(-n2c(=O)[nH]c3cccnc32)c1. The number of H-pyrrole nitrogens is 1. The third kappa shape index (κ3) is 1.48. The number of nitriles is 1. The van der Waals surface area contributed by atoms with Crippen molar-refractivity contribution in [3.05, 3.63) is 58.6 Å². The van der Waals surface area contributed by atoms with Crippen LogP contribution in [0.4, 0.5) is 0 Å². The van der Waals surface area contributed by atoms with Crippen molar-refractivity contribution in [3.8, 4) is 11.8 Å². The number of nitrogens with zero attached hydrogens (tertiary/aromatic N) is 3. The summed E-state index contributed by atoms with van der Waals surface area (Å²) in [5, 5.41) is 8.88. The molecule has 2 heterocycles. The molecule has 5 heteroatoms. The van der Waals surface area contributed by atoms with Gasteiger partial charge in [0.2, 0.25) is 0 Å². The summed E-state index contributed by atoms with van der Waals surface area (Å²) in [5.41, 5.74) is 2.09. The Morgan fingerprint density at radius 3 is 3.00 bits per heavy atom. The summed E-state index contributed by atoms with van der Waals surface area (Å²) in [7, 11) is 0. The van der Waals surface area contributed by atoms with E-state index in [1.807, 2.05) is 0 Å². The monoisotopic (exact) mass is 236 g/mol. The molecule has 18 heavy (non-hydrogen) atoms. The highest BCUT2D eigenvalue weighted by molar-refractivity contribution is 5.72. The average Bonchev–Trinajstić information content (AvgIpc) is 2.74. The number of hydrogen-bond donors (Lipinski definition) is 1. The second-order valence-corrected chi connectivity index (χ2v) is 3.80. The first kappa shape index (κ1) is 10.3. The minimum Gasteiger partial charge on any atom is -0.304 e. The minimum atomic E-state index is -0.265. The summed E-state index contributed by atoms with van der Waals surface area (Å²) in [4.78, 5) is 18.8. The maximum Gasteiger partial charge on any atom is 0.332 e. The third-order valence-corrected chi connectivity index (χ3v) is 2.68. The number of imidazole rings is 1. The van der Waals surface area contributed by atoms with Gasteiger partial charge < -0.3 is 4.98 Å². The van der Waals surface area contributed by atoms with Gasteiger partial charge in [-0.05, 0) is 30.3 Å². The second-order valence-electron chi connectivity index (χ2n) is 3.80. The predicted octanol–water partition coefficient (Wildman–Crippen LogP) is 1.59. The molecule has 3 aromatic rings. The van der Waals surface area contributed by atoms with Crippen LogP contribution in [0.3, 0.4) is 0 Å². The zero-order valence-electron chi connectivity index (χ0n) is 9.29. The lowest BCUT2D eigenvalue weighted by atomic mass is 10.2. The highest BCUT2D eigenvalue weighted by atomic mass is 16.1. The van der Waals surface area contributed by atoms with Crippen LogP contribution in [-0.2, 0) is 0 Å². The Hall–Kier alpha value is -2.87. The minimum absolute atomic E-state index is 0.265. The fourth-order valence-corrected chi connectivity index (χ4v) is 1.89. The molecule has 0 bridgehead atoms. The molecule has 5 nitrogen and oxygen atoms in total. The molecular formula is C13H8N4O. The highest BCUT2D eigenvalue weighted by Crippen LogP contribution is 2.13. The van der Waals surface area contributed by atoms with Crippen LogP contribution in [0.1, 0.15) is 5.56 Å². The van der Waals surface area contributed by atoms with Gasteiger partial charge >= 0.3 is 5.69 Å². The van der Waals surface area contributed by atoms with E-state index in [1.165, 1.54) is 4.57 Å². The summed E-state index contributed by atoms with van der Waals surface area (Å²) in [6.07, 6.45) is 1.63. The van der Waals surface area contributed by atoms with Crippen molar-refractivity contribution >= 4 is 11.2 Å². The number of aromatic amines is 1. The molecule has 0 atom stereocenters. The Morgan fingerprint density at radius 2 is 2.17 bits per heavy atom. The van der Waals surface area contributed by atoms with Crippen molar-refractivity contribution in [2.75, 3.05) is 0 Å². The summed E-state index contributed by atoms with van der Waals surface area (Å²) in [6, 6.07) is 12.4. The van der Waals surface area contributed by atoms with Crippen LogP contribution in [0.5, 0.6) is 0 Å². The largest absolute Gasteiger partial charge is 0.332 e. The summed E-state index contributed by atoms with van der Waals surface area (Å²) in [5.74, 6) is 0. The molecule has 0 aliphatic rings. The molecule has 3 rings (SSSR count). The number of benzene rings is 1. The number of hydrogen-bond acceptors (Lipinski definition) is 3. The maximum atomic E-state index is 11.9. The Labute approximate surface area is 102 Å². The molecule has 0 saturated carbocycles. The molecule has 0 amide bonds. The van der Waals surface area contributed by atoms with E-state index >= 15 is 0 Å². The lowest BCUT2D eigenvalue weighted by Gasteiger charge is -2.02. The van der Waals surface area contributed by atoms with E-state index in [9.17, 15) is 4.79 Å². The highest BCUT2D eigenvalue weighted by Gasteiger charge is 2.09. The second kappa shape index (κ2) is 3.86. The molecule has 1 N–H and O–H groups in total. The lowest BCUT2D eigenvalue weighted by molar-refractivity contribution is 0.999. The van der Waals surface area contributed by atoms with Crippen molar-refractivity contribution in [1.82, 2.24) is 14.5 Å². The standard InChI is InChI=1S/C13H8N4O/c14-8-9-3-1-4-10(7-9)17-12-11(16-13(17)18)5-2-6-15-12/h1-7H,(H,16,18). The third-order valence-electron chi connectivity index (χ3n) is 2.68. The van der Waals surface area contributed by atoms with Crippen LogP contribution in [0.25, 0.3) is 16.9 Å². The molecular weight excluding hydrogens is 228 g/mol. The quantitative estimate of drug-likeness (QED) is 0.697. The van der Waals surface area contributed by atoms with E-state index in [0.717, 1.165) is 0 Å². The smallest absolute Gasteiger partial charge is 0.304 e. The van der Waals surface area contributed by atoms with Crippen molar-refractivity contribution in [2.45, 2.75) is 0 Å². The van der Waals surface area contributed by atoms with Gasteiger partial charge in [-0.1, -0.05) is 6.07 Å². The molecule has 1 aromatic carbocycles. The molecule has 0 unspecified atom stereocenters. The topological polar surface area (TPSA) is 74.5 Å². The first-order valence-corrected chi connectivity index (χ1v) is 5.36. The Bertz CT molecular complexity index is 823. The molecule has 86 valence electrons. The van der Waals surface area contributed by atoms with Gasteiger partial charge in [0.05, 0.1) is 22.8 Å². The van der Waals surface area contributed by atoms with Gasteiger partial charge in [0.1, 0.15) is 0 Å². The number of rotatable bonds is 1. The normalized spacial score (nSPS) is 10.4. The molecule has 0 aliphatic carbocycles. The Morgan fingerprint density at radius 1 is 1.28 bits per heavy atom. The van der Waals surface area contributed by atoms with Gasteiger partial charge in [0.15, 0.2) is 5.65 Å². The molecule has 0 fully saturated rings. The number of pyridine rings is 1. The van der Waals surface area contributed by atoms with Crippen molar-refractivity contribution in [1.29, 1.82) is 5.26 Å². The van der Waals surface area contributed by atoms with E-state index in [4.69, 9.17) is 5.26 Å². The lowest BCUT2D eigenvalue weighted by Crippen LogP contribution is -2.14. The van der Waals surface area contributed by atoms with Crippen LogP contribution < -0.4 is 5.69 Å². The van der Waals surface area contributed by atoms with Gasteiger partial charge in [0.25, 0.3) is 0 Å². The fraction of sp³-hybridized carbons (Fsp3) is 0. The van der Waals surface area contributed by atoms with Gasteiger partial charge in [-0.15, -0.1) is 0 Å². The van der Waals surface area contributed by atoms with Gasteiger partial charge in [-0.3, -0.25) is 0 Å². The summed E-state index contributed by atoms with van der Waals surface area (Å²) >= 11 is 0. The molecule has 0 aliphatic heterocycles. The number of fused-ring (bicyclic) bond motifs is 1. The predicted molar refractivity (Wildman–Crippen MR) is 66.4 cm³/mol. The molecule has 0 saturated heterocycles. The molecule has 0 radical (unpaired) electrons. The first-order valence-electron chi connectivity index (χ1n) is 5.36.